The lowest BCUT2D eigenvalue weighted by Gasteiger charge is -2.15. The highest BCUT2D eigenvalue weighted by molar-refractivity contribution is 6.09. The zero-order valence-electron chi connectivity index (χ0n) is 31.4. The van der Waals surface area contributed by atoms with Crippen molar-refractivity contribution in [1.82, 2.24) is 9.55 Å². The van der Waals surface area contributed by atoms with Gasteiger partial charge in [-0.05, 0) is 95.1 Å². The van der Waals surface area contributed by atoms with Crippen LogP contribution in [0, 0.1) is 13.8 Å². The summed E-state index contributed by atoms with van der Waals surface area (Å²) in [6, 6.07) is 66.7. The molecule has 0 N–H and O–H groups in total. The summed E-state index contributed by atoms with van der Waals surface area (Å²) in [6.07, 6.45) is 0. The van der Waals surface area contributed by atoms with E-state index in [1.165, 1.54) is 55.2 Å². The number of aryl methyl sites for hydroxylation is 2. The van der Waals surface area contributed by atoms with E-state index in [1.807, 2.05) is 12.1 Å². The van der Waals surface area contributed by atoms with Gasteiger partial charge in [-0.25, -0.2) is 4.98 Å². The van der Waals surface area contributed by atoms with Crippen LogP contribution in [0.15, 0.2) is 188 Å². The van der Waals surface area contributed by atoms with Crippen molar-refractivity contribution in [1.29, 1.82) is 0 Å². The molecule has 9 rings (SSSR count). The van der Waals surface area contributed by atoms with Crippen molar-refractivity contribution in [2.24, 2.45) is 0 Å². The molecule has 0 saturated heterocycles. The van der Waals surface area contributed by atoms with Crippen LogP contribution >= 0.6 is 0 Å². The van der Waals surface area contributed by atoms with Gasteiger partial charge in [-0.1, -0.05) is 166 Å². The summed E-state index contributed by atoms with van der Waals surface area (Å²) in [4.78, 5) is 5.08. The quantitative estimate of drug-likeness (QED) is 0.169. The molecule has 0 aliphatic rings. The fraction of sp³-hybridized carbons (Fsp3) is 0.0962. The van der Waals surface area contributed by atoms with Gasteiger partial charge in [0.2, 0.25) is 0 Å². The van der Waals surface area contributed by atoms with Gasteiger partial charge in [0.15, 0.2) is 0 Å². The van der Waals surface area contributed by atoms with E-state index in [4.69, 9.17) is 4.98 Å². The van der Waals surface area contributed by atoms with E-state index in [-0.39, 0.29) is 0 Å². The van der Waals surface area contributed by atoms with Crippen molar-refractivity contribution >= 4 is 21.8 Å². The molecule has 0 unspecified atom stereocenters. The summed E-state index contributed by atoms with van der Waals surface area (Å²) >= 11 is 0. The molecule has 0 aliphatic carbocycles. The zero-order valence-corrected chi connectivity index (χ0v) is 31.4. The normalized spacial score (nSPS) is 11.1. The van der Waals surface area contributed by atoms with E-state index in [1.54, 1.807) is 0 Å². The third-order valence-corrected chi connectivity index (χ3v) is 10.4. The van der Waals surface area contributed by atoms with Gasteiger partial charge in [0.1, 0.15) is 0 Å². The lowest BCUT2D eigenvalue weighted by molar-refractivity contribution is 0.869. The van der Waals surface area contributed by atoms with Gasteiger partial charge in [-0.3, -0.25) is 0 Å². The van der Waals surface area contributed by atoms with E-state index < -0.39 is 0 Å². The third-order valence-electron chi connectivity index (χ3n) is 10.4. The Kier molecular flexibility index (Phi) is 9.75. The number of nitrogens with zero attached hydrogens (tertiary/aromatic N) is 2. The molecule has 0 aliphatic heterocycles. The monoisotopic (exact) mass is 696 g/mol. The number of hydrogen-bond acceptors (Lipinski definition) is 1. The Morgan fingerprint density at radius 3 is 1.46 bits per heavy atom. The molecule has 2 heterocycles. The number of pyridine rings is 1. The molecule has 54 heavy (non-hydrogen) atoms. The number of fused-ring (bicyclic) bond motifs is 3. The standard InChI is InChI=1S/C36H26N2.C16H18/c1-25-20-21-29(38-35-18-10-8-16-30(35)31-17-9-11-19-36(31)38)24-32(25)28-22-33(26-12-4-2-5-13-26)37-34(23-28)27-14-6-3-7-15-27;1-12(2)14-9-6-7-11-16(14)15-10-5-4-8-13(15)3/h2-24H,1H3;4-12H,1-3H3. The second kappa shape index (κ2) is 15.2. The third kappa shape index (κ3) is 6.87. The van der Waals surface area contributed by atoms with Gasteiger partial charge in [0.25, 0.3) is 0 Å². The highest BCUT2D eigenvalue weighted by Gasteiger charge is 2.15. The Hall–Kier alpha value is -6.51. The van der Waals surface area contributed by atoms with Crippen LogP contribution < -0.4 is 0 Å². The molecule has 262 valence electrons. The van der Waals surface area contributed by atoms with Crippen molar-refractivity contribution in [2.75, 3.05) is 0 Å². The van der Waals surface area contributed by atoms with E-state index in [0.717, 1.165) is 33.8 Å². The van der Waals surface area contributed by atoms with Gasteiger partial charge < -0.3 is 4.57 Å². The lowest BCUT2D eigenvalue weighted by atomic mass is 9.91. The summed E-state index contributed by atoms with van der Waals surface area (Å²) < 4.78 is 2.38. The fourth-order valence-corrected chi connectivity index (χ4v) is 7.58. The van der Waals surface area contributed by atoms with E-state index in [9.17, 15) is 0 Å². The first-order valence-corrected chi connectivity index (χ1v) is 18.8. The summed E-state index contributed by atoms with van der Waals surface area (Å²) in [5.41, 5.74) is 16.9. The van der Waals surface area contributed by atoms with Gasteiger partial charge in [-0.15, -0.1) is 0 Å². The largest absolute Gasteiger partial charge is 0.309 e. The first-order valence-electron chi connectivity index (χ1n) is 18.8. The van der Waals surface area contributed by atoms with Gasteiger partial charge in [0.05, 0.1) is 22.4 Å². The first kappa shape index (κ1) is 34.6. The smallest absolute Gasteiger partial charge is 0.0715 e. The predicted octanol–water partition coefficient (Wildman–Crippen LogP) is 14.3. The molecule has 7 aromatic carbocycles. The minimum Gasteiger partial charge on any atom is -0.309 e. The maximum atomic E-state index is 5.08. The molecule has 0 amide bonds. The van der Waals surface area contributed by atoms with Crippen LogP contribution in [0.25, 0.3) is 72.3 Å². The molecule has 0 fully saturated rings. The van der Waals surface area contributed by atoms with Crippen LogP contribution in [0.4, 0.5) is 0 Å². The average Bonchev–Trinajstić information content (AvgIpc) is 3.56. The predicted molar refractivity (Wildman–Crippen MR) is 230 cm³/mol. The number of benzene rings is 7. The van der Waals surface area contributed by atoms with E-state index in [2.05, 4.69) is 208 Å². The van der Waals surface area contributed by atoms with Crippen molar-refractivity contribution in [3.8, 4) is 50.5 Å². The Balaban J connectivity index is 0.000000217. The van der Waals surface area contributed by atoms with Gasteiger partial charge >= 0.3 is 0 Å². The average molecular weight is 697 g/mol. The molecular formula is C52H44N2. The Morgan fingerprint density at radius 1 is 0.407 bits per heavy atom. The van der Waals surface area contributed by atoms with Crippen LogP contribution in [0.3, 0.4) is 0 Å². The number of hydrogen-bond donors (Lipinski definition) is 0. The number of para-hydroxylation sites is 2. The lowest BCUT2D eigenvalue weighted by Crippen LogP contribution is -1.97. The Labute approximate surface area is 319 Å². The van der Waals surface area contributed by atoms with Crippen molar-refractivity contribution < 1.29 is 0 Å². The second-order valence-electron chi connectivity index (χ2n) is 14.3. The van der Waals surface area contributed by atoms with E-state index >= 15 is 0 Å². The van der Waals surface area contributed by atoms with Crippen LogP contribution in [-0.2, 0) is 0 Å². The molecular weight excluding hydrogens is 653 g/mol. The van der Waals surface area contributed by atoms with Crippen molar-refractivity contribution in [3.05, 3.63) is 205 Å². The van der Waals surface area contributed by atoms with E-state index in [0.29, 0.717) is 5.92 Å². The molecule has 2 nitrogen and oxygen atoms in total. The van der Waals surface area contributed by atoms with Crippen LogP contribution in [0.1, 0.15) is 36.5 Å². The SMILES string of the molecule is Cc1ccc(-n2c3ccccc3c3ccccc32)cc1-c1cc(-c2ccccc2)nc(-c2ccccc2)c1.Cc1ccccc1-c1ccccc1C(C)C. The molecule has 0 saturated carbocycles. The highest BCUT2D eigenvalue weighted by atomic mass is 15.0. The zero-order chi connectivity index (χ0) is 37.0. The van der Waals surface area contributed by atoms with Crippen LogP contribution in [0.5, 0.6) is 0 Å². The van der Waals surface area contributed by atoms with Crippen LogP contribution in [0.2, 0.25) is 0 Å². The molecule has 2 heteroatoms. The molecule has 0 radical (unpaired) electrons. The molecule has 0 atom stereocenters. The number of aromatic nitrogens is 2. The second-order valence-corrected chi connectivity index (χ2v) is 14.3. The summed E-state index contributed by atoms with van der Waals surface area (Å²) in [7, 11) is 0. The summed E-state index contributed by atoms with van der Waals surface area (Å²) in [5.74, 6) is 0.566. The highest BCUT2D eigenvalue weighted by Crippen LogP contribution is 2.36. The number of rotatable bonds is 6. The Morgan fingerprint density at radius 2 is 0.889 bits per heavy atom. The maximum absolute atomic E-state index is 5.08. The molecule has 9 aromatic rings. The van der Waals surface area contributed by atoms with Gasteiger partial charge in [0, 0.05) is 27.6 Å². The molecule has 0 bridgehead atoms. The summed E-state index contributed by atoms with van der Waals surface area (Å²) in [6.45, 7) is 8.86. The van der Waals surface area contributed by atoms with Crippen molar-refractivity contribution in [2.45, 2.75) is 33.6 Å². The minimum absolute atomic E-state index is 0.566. The summed E-state index contributed by atoms with van der Waals surface area (Å²) in [5, 5.41) is 2.54. The van der Waals surface area contributed by atoms with Crippen molar-refractivity contribution in [3.63, 3.8) is 0 Å². The maximum Gasteiger partial charge on any atom is 0.0715 e. The Bertz CT molecular complexity index is 2590. The molecule has 2 aromatic heterocycles. The van der Waals surface area contributed by atoms with Crippen LogP contribution in [-0.4, -0.2) is 9.55 Å². The first-order chi connectivity index (χ1) is 26.5. The topological polar surface area (TPSA) is 17.8 Å². The van der Waals surface area contributed by atoms with Gasteiger partial charge in [-0.2, -0.15) is 0 Å². The fourth-order valence-electron chi connectivity index (χ4n) is 7.58. The molecule has 0 spiro atoms. The minimum atomic E-state index is 0.566.